The molecule has 0 aromatic carbocycles. The van der Waals surface area contributed by atoms with Gasteiger partial charge in [-0.1, -0.05) is 65.5 Å². The van der Waals surface area contributed by atoms with E-state index in [1.54, 1.807) is 5.57 Å². The van der Waals surface area contributed by atoms with Gasteiger partial charge in [0.2, 0.25) is 0 Å². The van der Waals surface area contributed by atoms with Crippen molar-refractivity contribution in [3.05, 3.63) is 11.6 Å². The highest BCUT2D eigenvalue weighted by atomic mass is 16.5. The van der Waals surface area contributed by atoms with E-state index in [0.29, 0.717) is 23.7 Å². The molecule has 5 unspecified atom stereocenters. The Morgan fingerprint density at radius 2 is 1.91 bits per heavy atom. The van der Waals surface area contributed by atoms with E-state index in [-0.39, 0.29) is 29.0 Å². The summed E-state index contributed by atoms with van der Waals surface area (Å²) < 4.78 is 5.60. The molecule has 3 nitrogen and oxygen atoms in total. The van der Waals surface area contributed by atoms with Gasteiger partial charge < -0.3 is 9.84 Å². The second-order valence-electron chi connectivity index (χ2n) is 12.9. The van der Waals surface area contributed by atoms with Gasteiger partial charge in [0.25, 0.3) is 0 Å². The first-order chi connectivity index (χ1) is 15.1. The predicted molar refractivity (Wildman–Crippen MR) is 130 cm³/mol. The standard InChI is InChI=1S/C29H48O3/c1-18(2)8-7-9-19(3)27-26(31)17-25-23-11-10-21-16-22(32-20(4)30)12-14-28(21,5)24(23)13-15-29(25,27)6/h10,18-19,22-27,31H,7-9,11-17H2,1-6H3/t19-,22+,23?,24?,25?,26?,27?,28+,29+/m1/s1. The molecule has 0 amide bonds. The van der Waals surface area contributed by atoms with Crippen molar-refractivity contribution in [3.63, 3.8) is 0 Å². The van der Waals surface area contributed by atoms with Crippen molar-refractivity contribution in [2.75, 3.05) is 0 Å². The maximum Gasteiger partial charge on any atom is 0.302 e. The lowest BCUT2D eigenvalue weighted by molar-refractivity contribution is -0.148. The zero-order chi connectivity index (χ0) is 23.3. The second-order valence-corrected chi connectivity index (χ2v) is 12.9. The van der Waals surface area contributed by atoms with Crippen LogP contribution in [0.4, 0.5) is 0 Å². The van der Waals surface area contributed by atoms with E-state index in [1.807, 2.05) is 0 Å². The fourth-order valence-corrected chi connectivity index (χ4v) is 9.07. The average molecular weight is 445 g/mol. The molecule has 3 heteroatoms. The lowest BCUT2D eigenvalue weighted by Crippen LogP contribution is -2.51. The van der Waals surface area contributed by atoms with Gasteiger partial charge in [0, 0.05) is 13.3 Å². The minimum absolute atomic E-state index is 0.0709. The number of aliphatic hydroxyl groups is 1. The first-order valence-electron chi connectivity index (χ1n) is 13.6. The number of hydrogen-bond acceptors (Lipinski definition) is 3. The molecular formula is C29H48O3. The van der Waals surface area contributed by atoms with E-state index in [0.717, 1.165) is 43.9 Å². The van der Waals surface area contributed by atoms with E-state index in [2.05, 4.69) is 40.7 Å². The monoisotopic (exact) mass is 444 g/mol. The summed E-state index contributed by atoms with van der Waals surface area (Å²) in [5.41, 5.74) is 2.10. The van der Waals surface area contributed by atoms with Crippen molar-refractivity contribution >= 4 is 5.97 Å². The first-order valence-corrected chi connectivity index (χ1v) is 13.6. The van der Waals surface area contributed by atoms with Crippen LogP contribution >= 0.6 is 0 Å². The molecule has 4 rings (SSSR count). The van der Waals surface area contributed by atoms with Crippen LogP contribution in [0.1, 0.15) is 106 Å². The summed E-state index contributed by atoms with van der Waals surface area (Å²) >= 11 is 0. The quantitative estimate of drug-likeness (QED) is 0.357. The van der Waals surface area contributed by atoms with Gasteiger partial charge in [-0.15, -0.1) is 0 Å². The topological polar surface area (TPSA) is 46.5 Å². The highest BCUT2D eigenvalue weighted by molar-refractivity contribution is 5.66. The van der Waals surface area contributed by atoms with Crippen LogP contribution in [0.15, 0.2) is 11.6 Å². The fourth-order valence-electron chi connectivity index (χ4n) is 9.07. The summed E-state index contributed by atoms with van der Waals surface area (Å²) in [6.07, 6.45) is 14.1. The van der Waals surface area contributed by atoms with Crippen molar-refractivity contribution in [1.82, 2.24) is 0 Å². The molecular weight excluding hydrogens is 396 g/mol. The van der Waals surface area contributed by atoms with Gasteiger partial charge in [0.05, 0.1) is 6.10 Å². The number of allylic oxidation sites excluding steroid dienone is 1. The van der Waals surface area contributed by atoms with Gasteiger partial charge in [-0.3, -0.25) is 4.79 Å². The Balaban J connectivity index is 1.50. The third-order valence-corrected chi connectivity index (χ3v) is 10.6. The van der Waals surface area contributed by atoms with Gasteiger partial charge in [-0.05, 0) is 84.9 Å². The van der Waals surface area contributed by atoms with Gasteiger partial charge in [0.1, 0.15) is 6.10 Å². The Morgan fingerprint density at radius 3 is 2.59 bits per heavy atom. The van der Waals surface area contributed by atoms with Crippen LogP contribution in [0, 0.1) is 46.3 Å². The molecule has 4 aliphatic carbocycles. The minimum Gasteiger partial charge on any atom is -0.462 e. The average Bonchev–Trinajstić information content (AvgIpc) is 2.97. The third kappa shape index (κ3) is 4.21. The normalized spacial score (nSPS) is 44.3. The first kappa shape index (κ1) is 24.3. The Labute approximate surface area is 196 Å². The van der Waals surface area contributed by atoms with Crippen LogP contribution in [0.3, 0.4) is 0 Å². The maximum atomic E-state index is 11.5. The molecule has 0 heterocycles. The molecule has 0 aliphatic heterocycles. The van der Waals surface area contributed by atoms with Crippen molar-refractivity contribution in [3.8, 4) is 0 Å². The van der Waals surface area contributed by atoms with Gasteiger partial charge in [-0.25, -0.2) is 0 Å². The molecule has 0 aromatic rings. The van der Waals surface area contributed by atoms with Gasteiger partial charge in [0.15, 0.2) is 0 Å². The molecule has 182 valence electrons. The van der Waals surface area contributed by atoms with Crippen LogP contribution in [0.5, 0.6) is 0 Å². The lowest BCUT2D eigenvalue weighted by Gasteiger charge is -2.58. The van der Waals surface area contributed by atoms with Crippen molar-refractivity contribution in [2.45, 2.75) is 118 Å². The second kappa shape index (κ2) is 9.08. The molecule has 0 radical (unpaired) electrons. The fraction of sp³-hybridized carbons (Fsp3) is 0.897. The highest BCUT2D eigenvalue weighted by Gasteiger charge is 2.61. The SMILES string of the molecule is CC(=O)O[C@H]1CC[C@@]2(C)C(=CCC3C4CC(O)C([C@H](C)CCCC(C)C)[C@@]4(C)CCC32)C1. The zero-order valence-electron chi connectivity index (χ0n) is 21.5. The van der Waals surface area contributed by atoms with Crippen LogP contribution in [0.25, 0.3) is 0 Å². The van der Waals surface area contributed by atoms with Crippen LogP contribution in [0.2, 0.25) is 0 Å². The van der Waals surface area contributed by atoms with Crippen molar-refractivity contribution < 1.29 is 14.6 Å². The number of carbonyl (C=O) groups is 1. The molecule has 0 bridgehead atoms. The molecule has 0 saturated heterocycles. The smallest absolute Gasteiger partial charge is 0.302 e. The molecule has 32 heavy (non-hydrogen) atoms. The van der Waals surface area contributed by atoms with Crippen LogP contribution in [-0.2, 0) is 9.53 Å². The van der Waals surface area contributed by atoms with Crippen molar-refractivity contribution in [1.29, 1.82) is 0 Å². The molecule has 0 aromatic heterocycles. The predicted octanol–water partition coefficient (Wildman–Crippen LogP) is 6.93. The number of rotatable bonds is 6. The van der Waals surface area contributed by atoms with E-state index in [4.69, 9.17) is 4.74 Å². The molecule has 3 fully saturated rings. The number of fused-ring (bicyclic) bond motifs is 5. The summed E-state index contributed by atoms with van der Waals surface area (Å²) in [5, 5.41) is 11.3. The van der Waals surface area contributed by atoms with Gasteiger partial charge in [-0.2, -0.15) is 0 Å². The van der Waals surface area contributed by atoms with Crippen LogP contribution < -0.4 is 0 Å². The number of ether oxygens (including phenoxy) is 1. The van der Waals surface area contributed by atoms with E-state index in [1.165, 1.54) is 39.0 Å². The number of aliphatic hydroxyl groups excluding tert-OH is 1. The third-order valence-electron chi connectivity index (χ3n) is 10.6. The number of esters is 1. The summed E-state index contributed by atoms with van der Waals surface area (Å²) in [7, 11) is 0. The highest BCUT2D eigenvalue weighted by Crippen LogP contribution is 2.67. The lowest BCUT2D eigenvalue weighted by atomic mass is 9.47. The molecule has 4 aliphatic rings. The summed E-state index contributed by atoms with van der Waals surface area (Å²) in [5.74, 6) is 3.77. The van der Waals surface area contributed by atoms with Gasteiger partial charge >= 0.3 is 5.97 Å². The van der Waals surface area contributed by atoms with E-state index in [9.17, 15) is 9.90 Å². The Hall–Kier alpha value is -0.830. The number of carbonyl (C=O) groups excluding carboxylic acids is 1. The molecule has 3 saturated carbocycles. The zero-order valence-corrected chi connectivity index (χ0v) is 21.5. The number of hydrogen-bond donors (Lipinski definition) is 1. The molecule has 0 spiro atoms. The maximum absolute atomic E-state index is 11.5. The molecule has 9 atom stereocenters. The summed E-state index contributed by atoms with van der Waals surface area (Å²) in [6.45, 7) is 13.6. The van der Waals surface area contributed by atoms with Crippen molar-refractivity contribution in [2.24, 2.45) is 46.3 Å². The largest absolute Gasteiger partial charge is 0.462 e. The Kier molecular flexibility index (Phi) is 6.90. The summed E-state index contributed by atoms with van der Waals surface area (Å²) in [6, 6.07) is 0. The minimum atomic E-state index is -0.144. The summed E-state index contributed by atoms with van der Waals surface area (Å²) in [4.78, 5) is 11.5. The molecule has 1 N–H and O–H groups in total. The Morgan fingerprint density at radius 1 is 1.16 bits per heavy atom. The van der Waals surface area contributed by atoms with E-state index < -0.39 is 0 Å². The Bertz CT molecular complexity index is 726. The van der Waals surface area contributed by atoms with E-state index >= 15 is 0 Å². The van der Waals surface area contributed by atoms with Crippen LogP contribution in [-0.4, -0.2) is 23.3 Å².